The lowest BCUT2D eigenvalue weighted by atomic mass is 9.97. The van der Waals surface area contributed by atoms with Crippen molar-refractivity contribution in [3.8, 4) is 11.1 Å². The molecule has 2 aromatic rings. The van der Waals surface area contributed by atoms with Crippen molar-refractivity contribution in [1.29, 1.82) is 0 Å². The predicted molar refractivity (Wildman–Crippen MR) is 103 cm³/mol. The van der Waals surface area contributed by atoms with E-state index in [4.69, 9.17) is 28.3 Å². The fourth-order valence-corrected chi connectivity index (χ4v) is 3.32. The Morgan fingerprint density at radius 3 is 2.23 bits per heavy atom. The van der Waals surface area contributed by atoms with Gasteiger partial charge in [-0.05, 0) is 48.7 Å². The summed E-state index contributed by atoms with van der Waals surface area (Å²) in [5.74, 6) is -1.17. The molecule has 7 heteroatoms. The van der Waals surface area contributed by atoms with Gasteiger partial charge in [-0.15, -0.1) is 0 Å². The van der Waals surface area contributed by atoms with Crippen molar-refractivity contribution in [3.63, 3.8) is 0 Å². The third-order valence-corrected chi connectivity index (χ3v) is 5.00. The number of halogens is 2. The number of carboxylic acids is 1. The first kappa shape index (κ1) is 18.5. The highest BCUT2D eigenvalue weighted by molar-refractivity contribution is 6.31. The highest BCUT2D eigenvalue weighted by Crippen LogP contribution is 2.32. The van der Waals surface area contributed by atoms with Crippen LogP contribution in [0.15, 0.2) is 42.5 Å². The molecule has 0 aliphatic carbocycles. The number of likely N-dealkylation sites (tertiary alicyclic amines) is 1. The lowest BCUT2D eigenvalue weighted by Crippen LogP contribution is -2.42. The van der Waals surface area contributed by atoms with Gasteiger partial charge in [-0.3, -0.25) is 4.79 Å². The smallest absolute Gasteiger partial charge is 0.321 e. The zero-order chi connectivity index (χ0) is 18.7. The number of piperidine rings is 1. The number of nitrogens with one attached hydrogen (secondary N) is 1. The van der Waals surface area contributed by atoms with Crippen LogP contribution in [-0.2, 0) is 4.79 Å². The molecule has 1 fully saturated rings. The van der Waals surface area contributed by atoms with Crippen molar-refractivity contribution < 1.29 is 14.7 Å². The number of rotatable bonds is 3. The van der Waals surface area contributed by atoms with Crippen LogP contribution in [0.1, 0.15) is 12.8 Å². The molecule has 26 heavy (non-hydrogen) atoms. The predicted octanol–water partition coefficient (Wildman–Crippen LogP) is 4.99. The van der Waals surface area contributed by atoms with Gasteiger partial charge >= 0.3 is 12.0 Å². The van der Waals surface area contributed by atoms with E-state index in [0.29, 0.717) is 41.7 Å². The average Bonchev–Trinajstić information content (AvgIpc) is 2.64. The van der Waals surface area contributed by atoms with E-state index in [1.54, 1.807) is 35.2 Å². The highest BCUT2D eigenvalue weighted by atomic mass is 35.5. The summed E-state index contributed by atoms with van der Waals surface area (Å²) in [6.07, 6.45) is 0.931. The highest BCUT2D eigenvalue weighted by Gasteiger charge is 2.27. The summed E-state index contributed by atoms with van der Waals surface area (Å²) < 4.78 is 0. The van der Waals surface area contributed by atoms with E-state index in [1.165, 1.54) is 0 Å². The van der Waals surface area contributed by atoms with Crippen LogP contribution in [0.4, 0.5) is 10.5 Å². The molecule has 0 aromatic heterocycles. The molecule has 0 radical (unpaired) electrons. The number of benzene rings is 2. The number of amides is 2. The standard InChI is InChI=1S/C19H18Cl2N2O3/c20-14-3-1-12(2-4-14)16-11-15(21)5-6-17(16)22-19(26)23-9-7-13(8-10-23)18(24)25/h1-6,11,13H,7-10H2,(H,22,26)(H,24,25). The molecular formula is C19H18Cl2N2O3. The van der Waals surface area contributed by atoms with Gasteiger partial charge < -0.3 is 15.3 Å². The Bertz CT molecular complexity index is 816. The first-order valence-corrected chi connectivity index (χ1v) is 9.04. The fourth-order valence-electron chi connectivity index (χ4n) is 3.02. The van der Waals surface area contributed by atoms with Gasteiger partial charge in [0.05, 0.1) is 11.6 Å². The Labute approximate surface area is 161 Å². The lowest BCUT2D eigenvalue weighted by Gasteiger charge is -2.30. The first-order valence-electron chi connectivity index (χ1n) is 8.28. The topological polar surface area (TPSA) is 69.6 Å². The summed E-state index contributed by atoms with van der Waals surface area (Å²) in [6.45, 7) is 0.847. The van der Waals surface area contributed by atoms with Crippen LogP contribution in [-0.4, -0.2) is 35.1 Å². The van der Waals surface area contributed by atoms with Crippen LogP contribution in [0.2, 0.25) is 10.0 Å². The van der Waals surface area contributed by atoms with Crippen LogP contribution in [0.25, 0.3) is 11.1 Å². The number of carboxylic acid groups (broad SMARTS) is 1. The summed E-state index contributed by atoms with van der Waals surface area (Å²) >= 11 is 12.1. The molecule has 0 atom stereocenters. The molecule has 2 amide bonds. The third-order valence-electron chi connectivity index (χ3n) is 4.51. The second-order valence-corrected chi connectivity index (χ2v) is 7.10. The van der Waals surface area contributed by atoms with Gasteiger partial charge in [-0.25, -0.2) is 4.79 Å². The van der Waals surface area contributed by atoms with E-state index in [1.807, 2.05) is 12.1 Å². The van der Waals surface area contributed by atoms with E-state index in [0.717, 1.165) is 11.1 Å². The monoisotopic (exact) mass is 392 g/mol. The SMILES string of the molecule is O=C(O)C1CCN(C(=O)Nc2ccc(Cl)cc2-c2ccc(Cl)cc2)CC1. The number of carbonyl (C=O) groups is 2. The van der Waals surface area contributed by atoms with Crippen LogP contribution >= 0.6 is 23.2 Å². The minimum absolute atomic E-state index is 0.244. The van der Waals surface area contributed by atoms with Gasteiger partial charge in [-0.2, -0.15) is 0 Å². The number of anilines is 1. The second kappa shape index (κ2) is 7.98. The van der Waals surface area contributed by atoms with Gasteiger partial charge in [0.2, 0.25) is 0 Å². The maximum Gasteiger partial charge on any atom is 0.321 e. The largest absolute Gasteiger partial charge is 0.481 e. The molecule has 0 spiro atoms. The molecule has 1 aliphatic heterocycles. The first-order chi connectivity index (χ1) is 12.4. The Kier molecular flexibility index (Phi) is 5.69. The Balaban J connectivity index is 1.76. The average molecular weight is 393 g/mol. The number of hydrogen-bond acceptors (Lipinski definition) is 2. The van der Waals surface area contributed by atoms with Crippen LogP contribution in [0, 0.1) is 5.92 Å². The second-order valence-electron chi connectivity index (χ2n) is 6.23. The molecule has 1 aliphatic rings. The molecule has 136 valence electrons. The van der Waals surface area contributed by atoms with Crippen molar-refractivity contribution in [2.24, 2.45) is 5.92 Å². The molecule has 0 saturated carbocycles. The molecule has 3 rings (SSSR count). The van der Waals surface area contributed by atoms with E-state index in [2.05, 4.69) is 5.32 Å². The molecular weight excluding hydrogens is 375 g/mol. The lowest BCUT2D eigenvalue weighted by molar-refractivity contribution is -0.143. The summed E-state index contributed by atoms with van der Waals surface area (Å²) in [5.41, 5.74) is 2.32. The van der Waals surface area contributed by atoms with Crippen molar-refractivity contribution in [3.05, 3.63) is 52.5 Å². The molecule has 5 nitrogen and oxygen atoms in total. The Hall–Kier alpha value is -2.24. The van der Waals surface area contributed by atoms with Gasteiger partial charge in [0.15, 0.2) is 0 Å². The van der Waals surface area contributed by atoms with E-state index in [9.17, 15) is 9.59 Å². The van der Waals surface area contributed by atoms with Gasteiger partial charge in [0.1, 0.15) is 0 Å². The van der Waals surface area contributed by atoms with Gasteiger partial charge in [-0.1, -0.05) is 35.3 Å². The summed E-state index contributed by atoms with van der Waals surface area (Å²) in [5, 5.41) is 13.2. The number of aliphatic carboxylic acids is 1. The quantitative estimate of drug-likeness (QED) is 0.772. The molecule has 2 N–H and O–H groups in total. The summed E-state index contributed by atoms with van der Waals surface area (Å²) in [6, 6.07) is 12.3. The molecule has 2 aromatic carbocycles. The van der Waals surface area contributed by atoms with Crippen molar-refractivity contribution in [1.82, 2.24) is 4.90 Å². The zero-order valence-electron chi connectivity index (χ0n) is 13.9. The van der Waals surface area contributed by atoms with Crippen molar-refractivity contribution >= 4 is 40.9 Å². The van der Waals surface area contributed by atoms with Gasteiger partial charge in [0.25, 0.3) is 0 Å². The van der Waals surface area contributed by atoms with E-state index in [-0.39, 0.29) is 11.9 Å². The number of hydrogen-bond donors (Lipinski definition) is 2. The molecule has 0 unspecified atom stereocenters. The maximum absolute atomic E-state index is 12.6. The maximum atomic E-state index is 12.6. The van der Waals surface area contributed by atoms with E-state index >= 15 is 0 Å². The Morgan fingerprint density at radius 1 is 1.00 bits per heavy atom. The molecule has 1 heterocycles. The minimum Gasteiger partial charge on any atom is -0.481 e. The summed E-state index contributed by atoms with van der Waals surface area (Å²) in [7, 11) is 0. The number of nitrogens with zero attached hydrogens (tertiary/aromatic N) is 1. The zero-order valence-corrected chi connectivity index (χ0v) is 15.4. The summed E-state index contributed by atoms with van der Waals surface area (Å²) in [4.78, 5) is 25.3. The van der Waals surface area contributed by atoms with E-state index < -0.39 is 5.97 Å². The third kappa shape index (κ3) is 4.29. The van der Waals surface area contributed by atoms with Crippen molar-refractivity contribution in [2.45, 2.75) is 12.8 Å². The Morgan fingerprint density at radius 2 is 1.62 bits per heavy atom. The van der Waals surface area contributed by atoms with Crippen LogP contribution in [0.3, 0.4) is 0 Å². The van der Waals surface area contributed by atoms with Crippen LogP contribution < -0.4 is 5.32 Å². The normalized spacial score (nSPS) is 14.9. The minimum atomic E-state index is -0.798. The number of carbonyl (C=O) groups excluding carboxylic acids is 1. The van der Waals surface area contributed by atoms with Crippen molar-refractivity contribution in [2.75, 3.05) is 18.4 Å². The van der Waals surface area contributed by atoms with Gasteiger partial charge in [0, 0.05) is 28.7 Å². The molecule has 1 saturated heterocycles. The molecule has 0 bridgehead atoms. The number of urea groups is 1. The fraction of sp³-hybridized carbons (Fsp3) is 0.263. The van der Waals surface area contributed by atoms with Crippen LogP contribution in [0.5, 0.6) is 0 Å².